The molecule has 0 aromatic heterocycles. The van der Waals surface area contributed by atoms with Crippen LogP contribution in [0.15, 0.2) is 41.9 Å². The van der Waals surface area contributed by atoms with E-state index in [-0.39, 0.29) is 0 Å². The van der Waals surface area contributed by atoms with Gasteiger partial charge in [0.05, 0.1) is 18.8 Å². The normalized spacial score (nSPS) is 21.8. The molecule has 1 aromatic rings. The van der Waals surface area contributed by atoms with Crippen LogP contribution in [0.4, 0.5) is 0 Å². The maximum Gasteiger partial charge on any atom is 0.191 e. The van der Waals surface area contributed by atoms with Crippen LogP contribution in [0.3, 0.4) is 0 Å². The summed E-state index contributed by atoms with van der Waals surface area (Å²) in [5, 5.41) is 6.45. The molecule has 2 atom stereocenters. The maximum absolute atomic E-state index is 5.80. The first-order valence-corrected chi connectivity index (χ1v) is 9.19. The second kappa shape index (κ2) is 10.2. The fraction of sp³-hybridized carbons (Fsp3) is 0.550. The number of nitrogens with one attached hydrogen (secondary N) is 2. The first kappa shape index (κ1) is 19.5. The molecular weight excluding hydrogens is 312 g/mol. The van der Waals surface area contributed by atoms with Crippen molar-refractivity contribution in [3.8, 4) is 0 Å². The first-order valence-electron chi connectivity index (χ1n) is 9.19. The molecule has 0 bridgehead atoms. The van der Waals surface area contributed by atoms with E-state index in [2.05, 4.69) is 72.1 Å². The number of nitrogens with zero attached hydrogens (tertiary/aromatic N) is 2. The van der Waals surface area contributed by atoms with Crippen LogP contribution in [0.1, 0.15) is 31.9 Å². The van der Waals surface area contributed by atoms with E-state index in [0.29, 0.717) is 25.3 Å². The molecule has 0 aliphatic carbocycles. The van der Waals surface area contributed by atoms with Gasteiger partial charge in [0.15, 0.2) is 5.96 Å². The van der Waals surface area contributed by atoms with Crippen molar-refractivity contribution in [2.24, 2.45) is 4.99 Å². The van der Waals surface area contributed by atoms with Crippen molar-refractivity contribution in [3.63, 3.8) is 0 Å². The lowest BCUT2D eigenvalue weighted by Crippen LogP contribution is -2.44. The van der Waals surface area contributed by atoms with Crippen molar-refractivity contribution in [2.75, 3.05) is 26.2 Å². The number of hydrogen-bond donors (Lipinski definition) is 2. The number of benzene rings is 1. The van der Waals surface area contributed by atoms with Crippen molar-refractivity contribution in [2.45, 2.75) is 46.1 Å². The van der Waals surface area contributed by atoms with Gasteiger partial charge in [0.2, 0.25) is 0 Å². The van der Waals surface area contributed by atoms with Gasteiger partial charge in [0, 0.05) is 32.7 Å². The zero-order chi connectivity index (χ0) is 18.1. The fourth-order valence-electron chi connectivity index (χ4n) is 3.10. The molecule has 1 fully saturated rings. The molecule has 5 heteroatoms. The molecule has 1 saturated heterocycles. The highest BCUT2D eigenvalue weighted by Crippen LogP contribution is 2.15. The van der Waals surface area contributed by atoms with Crippen LogP contribution in [-0.2, 0) is 17.8 Å². The van der Waals surface area contributed by atoms with Crippen molar-refractivity contribution in [1.29, 1.82) is 0 Å². The predicted octanol–water partition coefficient (Wildman–Crippen LogP) is 2.54. The van der Waals surface area contributed by atoms with E-state index in [4.69, 9.17) is 4.74 Å². The SMILES string of the molecule is C=CCNC(=NCc1ccc(CN2CC(C)OC(C)C2)cc1)NCC. The van der Waals surface area contributed by atoms with E-state index >= 15 is 0 Å². The number of guanidine groups is 1. The summed E-state index contributed by atoms with van der Waals surface area (Å²) in [6.07, 6.45) is 2.45. The van der Waals surface area contributed by atoms with Gasteiger partial charge in [0.1, 0.15) is 0 Å². The average molecular weight is 345 g/mol. The Morgan fingerprint density at radius 3 is 2.44 bits per heavy atom. The quantitative estimate of drug-likeness (QED) is 0.453. The van der Waals surface area contributed by atoms with Gasteiger partial charge in [-0.1, -0.05) is 30.3 Å². The first-order chi connectivity index (χ1) is 12.1. The summed E-state index contributed by atoms with van der Waals surface area (Å²) < 4.78 is 5.80. The number of ether oxygens (including phenoxy) is 1. The van der Waals surface area contributed by atoms with Gasteiger partial charge < -0.3 is 15.4 Å². The van der Waals surface area contributed by atoms with Crippen LogP contribution in [0.5, 0.6) is 0 Å². The molecule has 1 aliphatic heterocycles. The molecule has 5 nitrogen and oxygen atoms in total. The molecule has 0 saturated carbocycles. The molecule has 0 spiro atoms. The summed E-state index contributed by atoms with van der Waals surface area (Å²) in [4.78, 5) is 7.07. The minimum absolute atomic E-state index is 0.310. The standard InChI is InChI=1S/C20H32N4O/c1-5-11-22-20(21-6-2)23-12-18-7-9-19(10-8-18)15-24-13-16(3)25-17(4)14-24/h5,7-10,16-17H,1,6,11-15H2,2-4H3,(H2,21,22,23). The van der Waals surface area contributed by atoms with Gasteiger partial charge in [-0.15, -0.1) is 6.58 Å². The summed E-state index contributed by atoms with van der Waals surface area (Å²) >= 11 is 0. The minimum Gasteiger partial charge on any atom is -0.373 e. The lowest BCUT2D eigenvalue weighted by molar-refractivity contribution is -0.0704. The predicted molar refractivity (Wildman–Crippen MR) is 105 cm³/mol. The van der Waals surface area contributed by atoms with Gasteiger partial charge in [-0.25, -0.2) is 4.99 Å². The Balaban J connectivity index is 1.89. The molecule has 1 aliphatic rings. The van der Waals surface area contributed by atoms with Crippen LogP contribution in [0, 0.1) is 0 Å². The highest BCUT2D eigenvalue weighted by molar-refractivity contribution is 5.79. The Labute approximate surface area is 152 Å². The molecular formula is C20H32N4O. The summed E-state index contributed by atoms with van der Waals surface area (Å²) in [6.45, 7) is 15.3. The van der Waals surface area contributed by atoms with Gasteiger partial charge >= 0.3 is 0 Å². The van der Waals surface area contributed by atoms with Crippen LogP contribution >= 0.6 is 0 Å². The molecule has 25 heavy (non-hydrogen) atoms. The minimum atomic E-state index is 0.310. The van der Waals surface area contributed by atoms with Crippen LogP contribution < -0.4 is 10.6 Å². The lowest BCUT2D eigenvalue weighted by atomic mass is 10.1. The third-order valence-corrected chi connectivity index (χ3v) is 4.10. The average Bonchev–Trinajstić information content (AvgIpc) is 2.58. The second-order valence-corrected chi connectivity index (χ2v) is 6.63. The number of aliphatic imine (C=N–C) groups is 1. The van der Waals surface area contributed by atoms with E-state index in [1.165, 1.54) is 11.1 Å². The van der Waals surface area contributed by atoms with Gasteiger partial charge in [-0.3, -0.25) is 4.90 Å². The Kier molecular flexibility index (Phi) is 7.95. The highest BCUT2D eigenvalue weighted by atomic mass is 16.5. The molecule has 1 heterocycles. The molecule has 2 unspecified atom stereocenters. The summed E-state index contributed by atoms with van der Waals surface area (Å²) in [5.74, 6) is 0.822. The van der Waals surface area contributed by atoms with E-state index in [1.54, 1.807) is 0 Å². The van der Waals surface area contributed by atoms with Crippen LogP contribution in [-0.4, -0.2) is 49.2 Å². The Morgan fingerprint density at radius 1 is 1.20 bits per heavy atom. The summed E-state index contributed by atoms with van der Waals surface area (Å²) in [5.41, 5.74) is 2.55. The third-order valence-electron chi connectivity index (χ3n) is 4.10. The van der Waals surface area contributed by atoms with E-state index < -0.39 is 0 Å². The number of rotatable bonds is 7. The van der Waals surface area contributed by atoms with E-state index in [0.717, 1.165) is 32.1 Å². The topological polar surface area (TPSA) is 48.9 Å². The lowest BCUT2D eigenvalue weighted by Gasteiger charge is -2.35. The van der Waals surface area contributed by atoms with Crippen molar-refractivity contribution >= 4 is 5.96 Å². The summed E-state index contributed by atoms with van der Waals surface area (Å²) in [6, 6.07) is 8.76. The smallest absolute Gasteiger partial charge is 0.191 e. The second-order valence-electron chi connectivity index (χ2n) is 6.63. The Bertz CT molecular complexity index is 545. The van der Waals surface area contributed by atoms with Crippen molar-refractivity contribution in [1.82, 2.24) is 15.5 Å². The molecule has 1 aromatic carbocycles. The zero-order valence-electron chi connectivity index (χ0n) is 15.8. The van der Waals surface area contributed by atoms with Gasteiger partial charge in [0.25, 0.3) is 0 Å². The largest absolute Gasteiger partial charge is 0.373 e. The van der Waals surface area contributed by atoms with Gasteiger partial charge in [-0.2, -0.15) is 0 Å². The monoisotopic (exact) mass is 344 g/mol. The highest BCUT2D eigenvalue weighted by Gasteiger charge is 2.21. The maximum atomic E-state index is 5.80. The zero-order valence-corrected chi connectivity index (χ0v) is 15.8. The third kappa shape index (κ3) is 6.88. The van der Waals surface area contributed by atoms with Crippen molar-refractivity contribution in [3.05, 3.63) is 48.0 Å². The molecule has 0 radical (unpaired) electrons. The molecule has 2 N–H and O–H groups in total. The summed E-state index contributed by atoms with van der Waals surface area (Å²) in [7, 11) is 0. The molecule has 2 rings (SSSR count). The fourth-order valence-corrected chi connectivity index (χ4v) is 3.10. The van der Waals surface area contributed by atoms with Crippen LogP contribution in [0.25, 0.3) is 0 Å². The van der Waals surface area contributed by atoms with Gasteiger partial charge in [-0.05, 0) is 31.9 Å². The molecule has 138 valence electrons. The van der Waals surface area contributed by atoms with E-state index in [9.17, 15) is 0 Å². The number of hydrogen-bond acceptors (Lipinski definition) is 3. The van der Waals surface area contributed by atoms with Crippen molar-refractivity contribution < 1.29 is 4.74 Å². The van der Waals surface area contributed by atoms with Crippen LogP contribution in [0.2, 0.25) is 0 Å². The number of morpholine rings is 1. The Morgan fingerprint density at radius 2 is 1.84 bits per heavy atom. The van der Waals surface area contributed by atoms with E-state index in [1.807, 2.05) is 6.08 Å². The molecule has 0 amide bonds. The Hall–Kier alpha value is -1.85.